The minimum Gasteiger partial charge on any atom is -0.388 e. The SMILES string of the molecule is O=C(c1ccc2ncccc2c1)N1CC(O)C(O)C1. The largest absolute Gasteiger partial charge is 0.388 e. The summed E-state index contributed by atoms with van der Waals surface area (Å²) in [7, 11) is 0. The smallest absolute Gasteiger partial charge is 0.254 e. The van der Waals surface area contributed by atoms with Crippen LogP contribution in [0.2, 0.25) is 0 Å². The van der Waals surface area contributed by atoms with Crippen LogP contribution in [-0.2, 0) is 0 Å². The zero-order valence-electron chi connectivity index (χ0n) is 10.2. The molecule has 1 amide bonds. The minimum atomic E-state index is -0.855. The van der Waals surface area contributed by atoms with Gasteiger partial charge in [0.05, 0.1) is 17.7 Å². The van der Waals surface area contributed by atoms with E-state index in [4.69, 9.17) is 0 Å². The molecule has 2 unspecified atom stereocenters. The number of aliphatic hydroxyl groups is 2. The Morgan fingerprint density at radius 2 is 1.95 bits per heavy atom. The van der Waals surface area contributed by atoms with E-state index in [1.54, 1.807) is 24.4 Å². The number of benzene rings is 1. The summed E-state index contributed by atoms with van der Waals surface area (Å²) in [5.41, 5.74) is 1.38. The molecule has 0 saturated carbocycles. The van der Waals surface area contributed by atoms with Crippen LogP contribution in [-0.4, -0.2) is 51.3 Å². The van der Waals surface area contributed by atoms with Gasteiger partial charge in [-0.15, -0.1) is 0 Å². The van der Waals surface area contributed by atoms with E-state index >= 15 is 0 Å². The lowest BCUT2D eigenvalue weighted by molar-refractivity contribution is 0.0572. The van der Waals surface area contributed by atoms with Crippen molar-refractivity contribution in [3.63, 3.8) is 0 Å². The Morgan fingerprint density at radius 1 is 1.21 bits per heavy atom. The van der Waals surface area contributed by atoms with Crippen LogP contribution in [0.1, 0.15) is 10.4 Å². The monoisotopic (exact) mass is 258 g/mol. The van der Waals surface area contributed by atoms with Crippen LogP contribution in [0.5, 0.6) is 0 Å². The molecule has 1 aromatic heterocycles. The average molecular weight is 258 g/mol. The lowest BCUT2D eigenvalue weighted by atomic mass is 10.1. The molecule has 0 bridgehead atoms. The molecule has 1 saturated heterocycles. The van der Waals surface area contributed by atoms with Crippen molar-refractivity contribution in [3.05, 3.63) is 42.1 Å². The summed E-state index contributed by atoms with van der Waals surface area (Å²) in [6, 6.07) is 9.01. The number of pyridine rings is 1. The molecule has 5 nitrogen and oxygen atoms in total. The lowest BCUT2D eigenvalue weighted by Gasteiger charge is -2.15. The van der Waals surface area contributed by atoms with Gasteiger partial charge in [0.25, 0.3) is 5.91 Å². The van der Waals surface area contributed by atoms with E-state index in [-0.39, 0.29) is 19.0 Å². The normalized spacial score (nSPS) is 22.9. The van der Waals surface area contributed by atoms with Gasteiger partial charge in [0.1, 0.15) is 0 Å². The first-order valence-corrected chi connectivity index (χ1v) is 6.15. The fourth-order valence-electron chi connectivity index (χ4n) is 2.33. The number of rotatable bonds is 1. The average Bonchev–Trinajstić information content (AvgIpc) is 2.77. The molecule has 1 aromatic carbocycles. The maximum Gasteiger partial charge on any atom is 0.254 e. The topological polar surface area (TPSA) is 73.7 Å². The van der Waals surface area contributed by atoms with Gasteiger partial charge >= 0.3 is 0 Å². The van der Waals surface area contributed by atoms with Crippen molar-refractivity contribution in [1.29, 1.82) is 0 Å². The number of aromatic nitrogens is 1. The molecule has 1 fully saturated rings. The Balaban J connectivity index is 1.90. The van der Waals surface area contributed by atoms with Crippen LogP contribution in [0, 0.1) is 0 Å². The van der Waals surface area contributed by atoms with Gasteiger partial charge in [-0.2, -0.15) is 0 Å². The molecule has 0 aliphatic carbocycles. The summed E-state index contributed by atoms with van der Waals surface area (Å²) in [6.45, 7) is 0.343. The summed E-state index contributed by atoms with van der Waals surface area (Å²) in [5, 5.41) is 19.9. The molecule has 19 heavy (non-hydrogen) atoms. The van der Waals surface area contributed by atoms with E-state index in [2.05, 4.69) is 4.98 Å². The number of fused-ring (bicyclic) bond motifs is 1. The van der Waals surface area contributed by atoms with Crippen molar-refractivity contribution in [1.82, 2.24) is 9.88 Å². The summed E-state index contributed by atoms with van der Waals surface area (Å²) in [5.74, 6) is -0.179. The van der Waals surface area contributed by atoms with E-state index in [0.717, 1.165) is 10.9 Å². The van der Waals surface area contributed by atoms with Crippen molar-refractivity contribution in [2.45, 2.75) is 12.2 Å². The molecule has 1 aliphatic heterocycles. The molecule has 0 radical (unpaired) electrons. The first-order valence-electron chi connectivity index (χ1n) is 6.15. The van der Waals surface area contributed by atoms with Crippen LogP contribution in [0.15, 0.2) is 36.5 Å². The van der Waals surface area contributed by atoms with Crippen molar-refractivity contribution >= 4 is 16.8 Å². The Kier molecular flexibility index (Phi) is 2.93. The van der Waals surface area contributed by atoms with Gasteiger partial charge in [-0.3, -0.25) is 9.78 Å². The first-order chi connectivity index (χ1) is 9.15. The van der Waals surface area contributed by atoms with Gasteiger partial charge < -0.3 is 15.1 Å². The van der Waals surface area contributed by atoms with Crippen molar-refractivity contribution < 1.29 is 15.0 Å². The number of carbonyl (C=O) groups excluding carboxylic acids is 1. The number of hydrogen-bond acceptors (Lipinski definition) is 4. The first kappa shape index (κ1) is 12.1. The molecular formula is C14H14N2O3. The maximum atomic E-state index is 12.3. The second kappa shape index (κ2) is 4.60. The third kappa shape index (κ3) is 2.18. The molecule has 0 spiro atoms. The summed E-state index contributed by atoms with van der Waals surface area (Å²) >= 11 is 0. The zero-order chi connectivity index (χ0) is 13.4. The molecule has 2 atom stereocenters. The molecule has 2 heterocycles. The van der Waals surface area contributed by atoms with Crippen LogP contribution in [0.3, 0.4) is 0 Å². The van der Waals surface area contributed by atoms with Gasteiger partial charge in [0.2, 0.25) is 0 Å². The highest BCUT2D eigenvalue weighted by atomic mass is 16.3. The Morgan fingerprint density at radius 3 is 2.68 bits per heavy atom. The molecule has 1 aliphatic rings. The summed E-state index contributed by atoms with van der Waals surface area (Å²) in [6.07, 6.45) is -0.00561. The predicted octanol–water partition coefficient (Wildman–Crippen LogP) is 0.412. The molecule has 5 heteroatoms. The number of aliphatic hydroxyl groups excluding tert-OH is 2. The van der Waals surface area contributed by atoms with Gasteiger partial charge in [0, 0.05) is 30.2 Å². The van der Waals surface area contributed by atoms with Crippen LogP contribution < -0.4 is 0 Å². The van der Waals surface area contributed by atoms with E-state index < -0.39 is 12.2 Å². The lowest BCUT2D eigenvalue weighted by Crippen LogP contribution is -2.29. The number of hydrogen-bond donors (Lipinski definition) is 2. The molecule has 2 N–H and O–H groups in total. The van der Waals surface area contributed by atoms with Gasteiger partial charge in [-0.05, 0) is 24.3 Å². The standard InChI is InChI=1S/C14H14N2O3/c17-12-7-16(8-13(12)18)14(19)10-3-4-11-9(6-10)2-1-5-15-11/h1-6,12-13,17-18H,7-8H2. The van der Waals surface area contributed by atoms with Gasteiger partial charge in [-0.25, -0.2) is 0 Å². The highest BCUT2D eigenvalue weighted by Gasteiger charge is 2.32. The predicted molar refractivity (Wildman–Crippen MR) is 69.7 cm³/mol. The molecule has 2 aromatic rings. The van der Waals surface area contributed by atoms with Crippen LogP contribution >= 0.6 is 0 Å². The highest BCUT2D eigenvalue weighted by molar-refractivity contribution is 5.98. The third-order valence-electron chi connectivity index (χ3n) is 3.40. The molecule has 98 valence electrons. The second-order valence-electron chi connectivity index (χ2n) is 4.76. The fourth-order valence-corrected chi connectivity index (χ4v) is 2.33. The number of β-amino-alcohol motifs (C(OH)–C–C–N with tert-alkyl or cyclic N) is 2. The number of nitrogens with zero attached hydrogens (tertiary/aromatic N) is 2. The quantitative estimate of drug-likeness (QED) is 0.777. The highest BCUT2D eigenvalue weighted by Crippen LogP contribution is 2.18. The van der Waals surface area contributed by atoms with Crippen LogP contribution in [0.25, 0.3) is 10.9 Å². The Labute approximate surface area is 110 Å². The number of carbonyl (C=O) groups is 1. The third-order valence-corrected chi connectivity index (χ3v) is 3.40. The zero-order valence-corrected chi connectivity index (χ0v) is 10.2. The van der Waals surface area contributed by atoms with Crippen molar-refractivity contribution in [2.24, 2.45) is 0 Å². The summed E-state index contributed by atoms with van der Waals surface area (Å²) < 4.78 is 0. The molecule has 3 rings (SSSR count). The van der Waals surface area contributed by atoms with Gasteiger partial charge in [-0.1, -0.05) is 6.07 Å². The minimum absolute atomic E-state index is 0.172. The number of likely N-dealkylation sites (tertiary alicyclic amines) is 1. The van der Waals surface area contributed by atoms with Gasteiger partial charge in [0.15, 0.2) is 0 Å². The Hall–Kier alpha value is -1.98. The second-order valence-corrected chi connectivity index (χ2v) is 4.76. The molecular weight excluding hydrogens is 244 g/mol. The van der Waals surface area contributed by atoms with E-state index in [1.807, 2.05) is 12.1 Å². The fraction of sp³-hybridized carbons (Fsp3) is 0.286. The van der Waals surface area contributed by atoms with E-state index in [0.29, 0.717) is 5.56 Å². The number of amides is 1. The summed E-state index contributed by atoms with van der Waals surface area (Å²) in [4.78, 5) is 17.9. The van der Waals surface area contributed by atoms with E-state index in [9.17, 15) is 15.0 Å². The van der Waals surface area contributed by atoms with Crippen LogP contribution in [0.4, 0.5) is 0 Å². The maximum absolute atomic E-state index is 12.3. The van der Waals surface area contributed by atoms with Crippen molar-refractivity contribution in [3.8, 4) is 0 Å². The van der Waals surface area contributed by atoms with E-state index in [1.165, 1.54) is 4.90 Å². The van der Waals surface area contributed by atoms with Crippen molar-refractivity contribution in [2.75, 3.05) is 13.1 Å². The Bertz CT molecular complexity index is 619.